The van der Waals surface area contributed by atoms with Crippen molar-refractivity contribution in [3.8, 4) is 0 Å². The molecule has 1 aromatic carbocycles. The average molecular weight is 364 g/mol. The normalized spacial score (nSPS) is 29.6. The fraction of sp³-hybridized carbons (Fsp3) is 0.350. The van der Waals surface area contributed by atoms with Crippen molar-refractivity contribution >= 4 is 11.6 Å². The molecule has 2 N–H and O–H groups in total. The fourth-order valence-corrected chi connectivity index (χ4v) is 4.82. The van der Waals surface area contributed by atoms with Crippen molar-refractivity contribution in [2.24, 2.45) is 11.3 Å². The number of aromatic nitrogens is 3. The van der Waals surface area contributed by atoms with Crippen LogP contribution in [-0.4, -0.2) is 61.4 Å². The van der Waals surface area contributed by atoms with Gasteiger partial charge >= 0.3 is 0 Å². The lowest BCUT2D eigenvalue weighted by molar-refractivity contribution is 0.0758. The summed E-state index contributed by atoms with van der Waals surface area (Å²) in [5.41, 5.74) is 1.54. The van der Waals surface area contributed by atoms with Crippen molar-refractivity contribution in [1.82, 2.24) is 19.5 Å². The topological polar surface area (TPSA) is 91.0 Å². The first-order valence-corrected chi connectivity index (χ1v) is 9.08. The number of carbonyl (C=O) groups is 1. The number of likely N-dealkylation sites (tertiary alicyclic amines) is 1. The van der Waals surface area contributed by atoms with Crippen LogP contribution in [-0.2, 0) is 0 Å². The van der Waals surface area contributed by atoms with Gasteiger partial charge in [-0.3, -0.25) is 4.79 Å². The van der Waals surface area contributed by atoms with E-state index in [4.69, 9.17) is 0 Å². The molecule has 1 amide bonds. The van der Waals surface area contributed by atoms with Crippen LogP contribution in [0.4, 0.5) is 0 Å². The second-order valence-corrected chi connectivity index (χ2v) is 7.44. The van der Waals surface area contributed by atoms with Gasteiger partial charge in [0.05, 0.1) is 6.10 Å². The van der Waals surface area contributed by atoms with Crippen molar-refractivity contribution in [1.29, 1.82) is 0 Å². The molecule has 1 saturated heterocycles. The molecule has 138 valence electrons. The maximum Gasteiger partial charge on any atom is 0.274 e. The van der Waals surface area contributed by atoms with E-state index < -0.39 is 11.5 Å². The molecule has 4 atom stereocenters. The molecule has 1 aliphatic carbocycles. The van der Waals surface area contributed by atoms with Crippen LogP contribution in [0.25, 0.3) is 5.65 Å². The maximum absolute atomic E-state index is 13.0. The Kier molecular flexibility index (Phi) is 3.57. The number of rotatable bonds is 3. The summed E-state index contributed by atoms with van der Waals surface area (Å²) in [5, 5.41) is 25.0. The molecule has 7 nitrogen and oxygen atoms in total. The highest BCUT2D eigenvalue weighted by molar-refractivity contribution is 5.93. The van der Waals surface area contributed by atoms with E-state index in [9.17, 15) is 15.0 Å². The van der Waals surface area contributed by atoms with Crippen LogP contribution in [0.2, 0.25) is 0 Å². The highest BCUT2D eigenvalue weighted by Gasteiger charge is 2.71. The van der Waals surface area contributed by atoms with Crippen molar-refractivity contribution in [2.75, 3.05) is 19.7 Å². The van der Waals surface area contributed by atoms with Crippen molar-refractivity contribution in [3.63, 3.8) is 0 Å². The highest BCUT2D eigenvalue weighted by Crippen LogP contribution is 2.68. The van der Waals surface area contributed by atoms with Gasteiger partial charge in [-0.15, -0.1) is 0 Å². The minimum Gasteiger partial charge on any atom is -0.396 e. The van der Waals surface area contributed by atoms with Crippen molar-refractivity contribution in [2.45, 2.75) is 12.0 Å². The summed E-state index contributed by atoms with van der Waals surface area (Å²) in [6.45, 7) is 0.663. The Morgan fingerprint density at radius 2 is 2.07 bits per heavy atom. The van der Waals surface area contributed by atoms with Gasteiger partial charge in [-0.2, -0.15) is 5.10 Å². The van der Waals surface area contributed by atoms with Crippen LogP contribution in [0.15, 0.2) is 54.9 Å². The molecule has 7 heteroatoms. The number of hydrogen-bond acceptors (Lipinski definition) is 5. The summed E-state index contributed by atoms with van der Waals surface area (Å²) in [5.74, 6) is -0.207. The summed E-state index contributed by atoms with van der Waals surface area (Å²) in [6, 6.07) is 13.3. The minimum absolute atomic E-state index is 0.00304. The van der Waals surface area contributed by atoms with Crippen molar-refractivity contribution in [3.05, 3.63) is 66.1 Å². The number of benzene rings is 1. The monoisotopic (exact) mass is 364 g/mol. The van der Waals surface area contributed by atoms with E-state index in [0.717, 1.165) is 5.56 Å². The van der Waals surface area contributed by atoms with E-state index in [1.54, 1.807) is 33.9 Å². The van der Waals surface area contributed by atoms with Crippen LogP contribution in [0.3, 0.4) is 0 Å². The van der Waals surface area contributed by atoms with E-state index in [1.807, 2.05) is 30.3 Å². The molecule has 0 unspecified atom stereocenters. The summed E-state index contributed by atoms with van der Waals surface area (Å²) < 4.78 is 1.57. The number of carbonyl (C=O) groups excluding carboxylic acids is 1. The second-order valence-electron chi connectivity index (χ2n) is 7.44. The Morgan fingerprint density at radius 3 is 2.81 bits per heavy atom. The molecule has 3 heterocycles. The van der Waals surface area contributed by atoms with Gasteiger partial charge in [0.15, 0.2) is 11.3 Å². The van der Waals surface area contributed by atoms with Crippen LogP contribution in [0, 0.1) is 11.3 Å². The van der Waals surface area contributed by atoms with E-state index in [2.05, 4.69) is 10.1 Å². The quantitative estimate of drug-likeness (QED) is 0.722. The van der Waals surface area contributed by atoms with Gasteiger partial charge in [-0.25, -0.2) is 9.50 Å². The van der Waals surface area contributed by atoms with Gasteiger partial charge in [-0.05, 0) is 23.5 Å². The molecule has 2 aliphatic rings. The molecule has 27 heavy (non-hydrogen) atoms. The molecule has 5 rings (SSSR count). The lowest BCUT2D eigenvalue weighted by Crippen LogP contribution is -2.30. The summed E-state index contributed by atoms with van der Waals surface area (Å²) >= 11 is 0. The Morgan fingerprint density at radius 1 is 1.26 bits per heavy atom. The van der Waals surface area contributed by atoms with Gasteiger partial charge in [0, 0.05) is 43.6 Å². The molecule has 1 spiro atoms. The molecule has 1 aliphatic heterocycles. The smallest absolute Gasteiger partial charge is 0.274 e. The van der Waals surface area contributed by atoms with Gasteiger partial charge in [-0.1, -0.05) is 30.3 Å². The molecule has 1 saturated carbocycles. The largest absolute Gasteiger partial charge is 0.396 e. The first-order valence-electron chi connectivity index (χ1n) is 9.08. The summed E-state index contributed by atoms with van der Waals surface area (Å²) in [7, 11) is 0. The van der Waals surface area contributed by atoms with E-state index >= 15 is 0 Å². The second kappa shape index (κ2) is 5.87. The van der Waals surface area contributed by atoms with Crippen LogP contribution in [0.5, 0.6) is 0 Å². The summed E-state index contributed by atoms with van der Waals surface area (Å²) in [4.78, 5) is 18.8. The minimum atomic E-state index is -0.668. The highest BCUT2D eigenvalue weighted by atomic mass is 16.3. The third-order valence-electron chi connectivity index (χ3n) is 6.14. The number of β-amino-alcohol motifs (C(OH)–C–C–N with tert-alkyl or cyclic N) is 1. The third kappa shape index (κ3) is 2.32. The Labute approximate surface area is 155 Å². The molecule has 2 fully saturated rings. The van der Waals surface area contributed by atoms with Gasteiger partial charge in [0.1, 0.15) is 0 Å². The Hall–Kier alpha value is -2.77. The standard InChI is InChI=1S/C20H20N4O3/c25-11-14-18(13-5-2-1-3-6-13)20(14)12-23(10-16(20)26)19(27)15-9-17-21-7-4-8-24(17)22-15/h1-9,14,16,18,25-26H,10-12H2/t14-,16+,18-,20-/m1/s1. The molecule has 3 aromatic rings. The first-order chi connectivity index (χ1) is 13.1. The zero-order valence-corrected chi connectivity index (χ0v) is 14.6. The predicted molar refractivity (Wildman–Crippen MR) is 97.1 cm³/mol. The van der Waals surface area contributed by atoms with Gasteiger partial charge < -0.3 is 15.1 Å². The number of aliphatic hydroxyl groups is 2. The first kappa shape index (κ1) is 16.4. The van der Waals surface area contributed by atoms with E-state index in [0.29, 0.717) is 17.9 Å². The third-order valence-corrected chi connectivity index (χ3v) is 6.14. The molecule has 0 bridgehead atoms. The zero-order valence-electron chi connectivity index (χ0n) is 14.6. The molecule has 2 aromatic heterocycles. The molecular weight excluding hydrogens is 344 g/mol. The number of fused-ring (bicyclic) bond motifs is 1. The number of amides is 1. The summed E-state index contributed by atoms with van der Waals surface area (Å²) in [6.07, 6.45) is 2.73. The van der Waals surface area contributed by atoms with Gasteiger partial charge in [0.25, 0.3) is 5.91 Å². The average Bonchev–Trinajstić information content (AvgIpc) is 2.97. The Balaban J connectivity index is 1.43. The number of aliphatic hydroxyl groups excluding tert-OH is 2. The number of nitrogens with zero attached hydrogens (tertiary/aromatic N) is 4. The number of hydrogen-bond donors (Lipinski definition) is 2. The lowest BCUT2D eigenvalue weighted by Gasteiger charge is -2.15. The van der Waals surface area contributed by atoms with Crippen LogP contribution in [0.1, 0.15) is 22.0 Å². The maximum atomic E-state index is 13.0. The van der Waals surface area contributed by atoms with Crippen molar-refractivity contribution < 1.29 is 15.0 Å². The molecular formula is C20H20N4O3. The zero-order chi connectivity index (χ0) is 18.6. The fourth-order valence-electron chi connectivity index (χ4n) is 4.82. The predicted octanol–water partition coefficient (Wildman–Crippen LogP) is 0.938. The van der Waals surface area contributed by atoms with Crippen LogP contribution < -0.4 is 0 Å². The SMILES string of the molecule is O=C(c1cc2ncccn2n1)N1C[C@H](O)[C@@]2(C1)[C@H](CO)[C@H]2c1ccccc1. The van der Waals surface area contributed by atoms with Crippen LogP contribution >= 0.6 is 0 Å². The molecule has 0 radical (unpaired) electrons. The van der Waals surface area contributed by atoms with Gasteiger partial charge in [0.2, 0.25) is 0 Å². The lowest BCUT2D eigenvalue weighted by atomic mass is 9.95. The van der Waals surface area contributed by atoms with E-state index in [-0.39, 0.29) is 30.9 Å². The van der Waals surface area contributed by atoms with E-state index in [1.165, 1.54) is 0 Å². The Bertz CT molecular complexity index is 972.